The minimum Gasteiger partial charge on any atom is -0.492 e. The monoisotopic (exact) mass is 520 g/mol. The number of halogens is 2. The van der Waals surface area contributed by atoms with Crippen molar-refractivity contribution >= 4 is 44.8 Å². The molecule has 3 aromatic rings. The number of anilines is 1. The van der Waals surface area contributed by atoms with Gasteiger partial charge in [-0.2, -0.15) is 0 Å². The van der Waals surface area contributed by atoms with E-state index in [9.17, 15) is 13.2 Å². The molecule has 9 heteroatoms. The molecule has 0 heterocycles. The van der Waals surface area contributed by atoms with E-state index >= 15 is 0 Å². The Bertz CT molecular complexity index is 1260. The van der Waals surface area contributed by atoms with Crippen molar-refractivity contribution in [2.45, 2.75) is 20.4 Å². The van der Waals surface area contributed by atoms with Crippen LogP contribution in [0.2, 0.25) is 10.0 Å². The molecule has 0 radical (unpaired) electrons. The van der Waals surface area contributed by atoms with Crippen molar-refractivity contribution in [1.29, 1.82) is 0 Å². The highest BCUT2D eigenvalue weighted by Crippen LogP contribution is 2.35. The van der Waals surface area contributed by atoms with Gasteiger partial charge in [0, 0.05) is 5.56 Å². The third-order valence-electron chi connectivity index (χ3n) is 5.26. The van der Waals surface area contributed by atoms with Gasteiger partial charge >= 0.3 is 0 Å². The standard InChI is InChI=1S/C25H26Cl2N2O4S/c1-17-7-12-21(15-18(17)2)33-14-13-28-25(30)20-10-8-19(9-11-20)16-29(34(3,31)32)24-22(26)5-4-6-23(24)27/h4-12,15H,13-14,16H2,1-3H3,(H,28,30). The lowest BCUT2D eigenvalue weighted by Crippen LogP contribution is -2.30. The molecule has 0 fully saturated rings. The summed E-state index contributed by atoms with van der Waals surface area (Å²) >= 11 is 12.4. The van der Waals surface area contributed by atoms with Gasteiger partial charge in [-0.15, -0.1) is 0 Å². The fourth-order valence-corrected chi connectivity index (χ4v) is 4.87. The number of nitrogens with one attached hydrogen (secondary N) is 1. The molecule has 6 nitrogen and oxygen atoms in total. The first-order valence-electron chi connectivity index (χ1n) is 10.5. The second kappa shape index (κ2) is 11.1. The molecule has 0 aromatic heterocycles. The van der Waals surface area contributed by atoms with Crippen LogP contribution in [0.25, 0.3) is 0 Å². The Hall–Kier alpha value is -2.74. The largest absolute Gasteiger partial charge is 0.492 e. The molecule has 1 amide bonds. The Morgan fingerprint density at radius 3 is 2.21 bits per heavy atom. The van der Waals surface area contributed by atoms with Crippen LogP contribution in [-0.4, -0.2) is 33.7 Å². The molecule has 3 rings (SSSR count). The zero-order valence-electron chi connectivity index (χ0n) is 19.1. The van der Waals surface area contributed by atoms with Gasteiger partial charge in [0.2, 0.25) is 10.0 Å². The Kier molecular flexibility index (Phi) is 8.47. The second-order valence-electron chi connectivity index (χ2n) is 7.89. The third kappa shape index (κ3) is 6.65. The number of hydrogen-bond acceptors (Lipinski definition) is 4. The molecule has 34 heavy (non-hydrogen) atoms. The number of carbonyl (C=O) groups is 1. The van der Waals surface area contributed by atoms with Crippen LogP contribution in [0.3, 0.4) is 0 Å². The van der Waals surface area contributed by atoms with E-state index in [-0.39, 0.29) is 28.2 Å². The highest BCUT2D eigenvalue weighted by molar-refractivity contribution is 7.92. The van der Waals surface area contributed by atoms with Gasteiger partial charge in [0.1, 0.15) is 12.4 Å². The lowest BCUT2D eigenvalue weighted by atomic mass is 10.1. The Morgan fingerprint density at radius 2 is 1.62 bits per heavy atom. The molecule has 0 saturated carbocycles. The average molecular weight is 521 g/mol. The molecule has 1 N–H and O–H groups in total. The highest BCUT2D eigenvalue weighted by atomic mass is 35.5. The minimum atomic E-state index is -3.66. The molecule has 0 aliphatic rings. The average Bonchev–Trinajstić information content (AvgIpc) is 2.78. The maximum Gasteiger partial charge on any atom is 0.251 e. The fourth-order valence-electron chi connectivity index (χ4n) is 3.26. The number of hydrogen-bond donors (Lipinski definition) is 1. The van der Waals surface area contributed by atoms with Crippen LogP contribution in [-0.2, 0) is 16.6 Å². The van der Waals surface area contributed by atoms with Crippen molar-refractivity contribution in [3.05, 3.63) is 93.0 Å². The number of nitrogens with zero attached hydrogens (tertiary/aromatic N) is 1. The topological polar surface area (TPSA) is 75.7 Å². The quantitative estimate of drug-likeness (QED) is 0.384. The predicted molar refractivity (Wildman–Crippen MR) is 138 cm³/mol. The van der Waals surface area contributed by atoms with Crippen molar-refractivity contribution < 1.29 is 17.9 Å². The van der Waals surface area contributed by atoms with Crippen LogP contribution in [0, 0.1) is 13.8 Å². The summed E-state index contributed by atoms with van der Waals surface area (Å²) in [6.07, 6.45) is 1.09. The molecule has 0 saturated heterocycles. The molecular formula is C25H26Cl2N2O4S. The molecule has 0 unspecified atom stereocenters. The molecule has 3 aromatic carbocycles. The molecule has 0 aliphatic carbocycles. The lowest BCUT2D eigenvalue weighted by Gasteiger charge is -2.24. The van der Waals surface area contributed by atoms with E-state index in [1.54, 1.807) is 42.5 Å². The first kappa shape index (κ1) is 25.9. The second-order valence-corrected chi connectivity index (χ2v) is 10.6. The van der Waals surface area contributed by atoms with E-state index in [2.05, 4.69) is 5.32 Å². The van der Waals surface area contributed by atoms with Crippen LogP contribution in [0.15, 0.2) is 60.7 Å². The molecular weight excluding hydrogens is 495 g/mol. The first-order valence-corrected chi connectivity index (χ1v) is 13.2. The predicted octanol–water partition coefficient (Wildman–Crippen LogP) is 5.39. The van der Waals surface area contributed by atoms with Crippen LogP contribution in [0.5, 0.6) is 5.75 Å². The zero-order chi connectivity index (χ0) is 24.9. The van der Waals surface area contributed by atoms with Gasteiger partial charge in [-0.25, -0.2) is 8.42 Å². The smallest absolute Gasteiger partial charge is 0.251 e. The normalized spacial score (nSPS) is 11.2. The van der Waals surface area contributed by atoms with Crippen molar-refractivity contribution in [2.24, 2.45) is 0 Å². The number of ether oxygens (including phenoxy) is 1. The number of rotatable bonds is 9. The fraction of sp³-hybridized carbons (Fsp3) is 0.240. The maximum absolute atomic E-state index is 12.5. The summed E-state index contributed by atoms with van der Waals surface area (Å²) in [5.74, 6) is 0.514. The summed E-state index contributed by atoms with van der Waals surface area (Å²) in [6, 6.07) is 17.4. The van der Waals surface area contributed by atoms with Gasteiger partial charge in [0.05, 0.1) is 35.1 Å². The number of carbonyl (C=O) groups excluding carboxylic acids is 1. The van der Waals surface area contributed by atoms with Gasteiger partial charge < -0.3 is 10.1 Å². The molecule has 0 bridgehead atoms. The minimum absolute atomic E-state index is 0.0218. The summed E-state index contributed by atoms with van der Waals surface area (Å²) < 4.78 is 31.7. The summed E-state index contributed by atoms with van der Waals surface area (Å²) in [4.78, 5) is 12.5. The number of para-hydroxylation sites is 1. The highest BCUT2D eigenvalue weighted by Gasteiger charge is 2.23. The number of sulfonamides is 1. The third-order valence-corrected chi connectivity index (χ3v) is 6.99. The number of amides is 1. The summed E-state index contributed by atoms with van der Waals surface area (Å²) in [7, 11) is -3.66. The Balaban J connectivity index is 1.61. The summed E-state index contributed by atoms with van der Waals surface area (Å²) in [6.45, 7) is 4.77. The molecule has 180 valence electrons. The van der Waals surface area contributed by atoms with Gasteiger partial charge in [0.15, 0.2) is 0 Å². The van der Waals surface area contributed by atoms with Crippen LogP contribution in [0.1, 0.15) is 27.0 Å². The lowest BCUT2D eigenvalue weighted by molar-refractivity contribution is 0.0947. The van der Waals surface area contributed by atoms with Gasteiger partial charge in [-0.1, -0.05) is 47.5 Å². The zero-order valence-corrected chi connectivity index (χ0v) is 21.5. The van der Waals surface area contributed by atoms with Crippen molar-refractivity contribution in [2.75, 3.05) is 23.7 Å². The van der Waals surface area contributed by atoms with E-state index in [4.69, 9.17) is 27.9 Å². The number of benzene rings is 3. The molecule has 0 atom stereocenters. The van der Waals surface area contributed by atoms with Crippen LogP contribution < -0.4 is 14.4 Å². The van der Waals surface area contributed by atoms with E-state index in [0.717, 1.165) is 21.9 Å². The summed E-state index contributed by atoms with van der Waals surface area (Å²) in [5.41, 5.74) is 3.69. The van der Waals surface area contributed by atoms with Crippen LogP contribution >= 0.6 is 23.2 Å². The SMILES string of the molecule is Cc1ccc(OCCNC(=O)c2ccc(CN(c3c(Cl)cccc3Cl)S(C)(=O)=O)cc2)cc1C. The molecule has 0 spiro atoms. The van der Waals surface area contributed by atoms with Gasteiger partial charge in [-0.3, -0.25) is 9.10 Å². The van der Waals surface area contributed by atoms with Crippen LogP contribution in [0.4, 0.5) is 5.69 Å². The van der Waals surface area contributed by atoms with E-state index in [0.29, 0.717) is 24.3 Å². The maximum atomic E-state index is 12.5. The van der Waals surface area contributed by atoms with E-state index in [1.165, 1.54) is 5.56 Å². The van der Waals surface area contributed by atoms with E-state index < -0.39 is 10.0 Å². The first-order chi connectivity index (χ1) is 16.1. The Morgan fingerprint density at radius 1 is 0.971 bits per heavy atom. The van der Waals surface area contributed by atoms with Gasteiger partial charge in [-0.05, 0) is 66.9 Å². The van der Waals surface area contributed by atoms with Crippen molar-refractivity contribution in [1.82, 2.24) is 5.32 Å². The summed E-state index contributed by atoms with van der Waals surface area (Å²) in [5, 5.41) is 3.28. The van der Waals surface area contributed by atoms with E-state index in [1.807, 2.05) is 32.0 Å². The molecule has 0 aliphatic heterocycles. The number of aryl methyl sites for hydroxylation is 2. The Labute approximate surface area is 210 Å². The van der Waals surface area contributed by atoms with Crippen molar-refractivity contribution in [3.8, 4) is 5.75 Å². The van der Waals surface area contributed by atoms with Gasteiger partial charge in [0.25, 0.3) is 5.91 Å². The van der Waals surface area contributed by atoms with Crippen molar-refractivity contribution in [3.63, 3.8) is 0 Å².